The molecule has 0 bridgehead atoms. The third-order valence-electron chi connectivity index (χ3n) is 6.99. The third kappa shape index (κ3) is 5.25. The summed E-state index contributed by atoms with van der Waals surface area (Å²) in [6, 6.07) is 5.37. The van der Waals surface area contributed by atoms with Crippen LogP contribution < -0.4 is 11.1 Å². The summed E-state index contributed by atoms with van der Waals surface area (Å²) in [5.74, 6) is -7.09. The number of halogens is 3. The van der Waals surface area contributed by atoms with Crippen LogP contribution in [0.15, 0.2) is 53.7 Å². The Bertz CT molecular complexity index is 1910. The third-order valence-corrected chi connectivity index (χ3v) is 8.76. The molecular formula is C27H23F3N6O6S. The fourth-order valence-corrected chi connectivity index (χ4v) is 6.58. The monoisotopic (exact) mass is 616 g/mol. The fraction of sp³-hybridized carbons (Fsp3) is 0.185. The van der Waals surface area contributed by atoms with Gasteiger partial charge >= 0.3 is 5.97 Å². The standard InChI is InChI=1S/C27H23F3N6O6S/c1-27(2)12-36(43(41,42)16-8-14(28)7-15(29)9-16)11-18-22(27)33-34-24(18)32-25(38)20-17(23(31)37)3-4-19(21(20)30)35-6-5-13(10-35)26(39)40/h3-10H,11-12H2,1-2H3,(H2,31,37)(H,39,40)(H2,32,33,34,38). The van der Waals surface area contributed by atoms with Crippen molar-refractivity contribution < 1.29 is 41.1 Å². The highest BCUT2D eigenvalue weighted by molar-refractivity contribution is 7.89. The maximum Gasteiger partial charge on any atom is 0.337 e. The lowest BCUT2D eigenvalue weighted by molar-refractivity contribution is 0.0696. The van der Waals surface area contributed by atoms with Gasteiger partial charge < -0.3 is 20.7 Å². The largest absolute Gasteiger partial charge is 0.478 e. The second-order valence-corrected chi connectivity index (χ2v) is 12.4. The number of amides is 2. The van der Waals surface area contributed by atoms with Crippen molar-refractivity contribution in [2.24, 2.45) is 5.73 Å². The molecule has 0 saturated carbocycles. The van der Waals surface area contributed by atoms with E-state index < -0.39 is 66.7 Å². The predicted octanol–water partition coefficient (Wildman–Crippen LogP) is 3.15. The van der Waals surface area contributed by atoms with Crippen molar-refractivity contribution in [3.63, 3.8) is 0 Å². The number of carbonyl (C=O) groups excluding carboxylic acids is 2. The van der Waals surface area contributed by atoms with Crippen LogP contribution in [0.25, 0.3) is 5.69 Å². The molecule has 0 radical (unpaired) electrons. The number of nitrogens with one attached hydrogen (secondary N) is 2. The van der Waals surface area contributed by atoms with Gasteiger partial charge in [0.1, 0.15) is 11.6 Å². The number of anilines is 1. The van der Waals surface area contributed by atoms with Crippen molar-refractivity contribution in [3.8, 4) is 5.69 Å². The number of aromatic carboxylic acids is 1. The van der Waals surface area contributed by atoms with Gasteiger partial charge in [0, 0.05) is 48.2 Å². The number of sulfonamides is 1. The van der Waals surface area contributed by atoms with E-state index in [1.165, 1.54) is 12.3 Å². The SMILES string of the molecule is CC1(C)CN(S(=O)(=O)c2cc(F)cc(F)c2)Cc2c(NC(=O)c3c(C(N)=O)ccc(-n4ccc(C(=O)O)c4)c3F)n[nH]c21. The molecule has 0 fully saturated rings. The van der Waals surface area contributed by atoms with Crippen LogP contribution in [0.5, 0.6) is 0 Å². The molecule has 1 aliphatic heterocycles. The van der Waals surface area contributed by atoms with Crippen molar-refractivity contribution >= 4 is 33.6 Å². The second kappa shape index (κ2) is 10.4. The molecule has 12 nitrogen and oxygen atoms in total. The molecule has 0 atom stereocenters. The summed E-state index contributed by atoms with van der Waals surface area (Å²) in [6.07, 6.45) is 2.36. The number of benzene rings is 2. The lowest BCUT2D eigenvalue weighted by Crippen LogP contribution is -2.45. The average Bonchev–Trinajstić information content (AvgIpc) is 3.56. The number of carbonyl (C=O) groups is 3. The molecule has 2 aromatic heterocycles. The maximum atomic E-state index is 15.8. The lowest BCUT2D eigenvalue weighted by atomic mass is 9.84. The summed E-state index contributed by atoms with van der Waals surface area (Å²) in [5, 5.41) is 18.4. The van der Waals surface area contributed by atoms with Gasteiger partial charge in [-0.2, -0.15) is 9.40 Å². The van der Waals surface area contributed by atoms with Crippen LogP contribution in [0, 0.1) is 17.5 Å². The van der Waals surface area contributed by atoms with E-state index in [-0.39, 0.29) is 35.7 Å². The van der Waals surface area contributed by atoms with Crippen LogP contribution in [0.4, 0.5) is 19.0 Å². The molecule has 2 amide bonds. The Hall–Kier alpha value is -4.96. The normalized spacial score (nSPS) is 14.7. The summed E-state index contributed by atoms with van der Waals surface area (Å²) in [4.78, 5) is 36.2. The number of fused-ring (bicyclic) bond motifs is 1. The quantitative estimate of drug-likeness (QED) is 0.246. The molecule has 2 aromatic carbocycles. The molecule has 5 rings (SSSR count). The van der Waals surface area contributed by atoms with Crippen molar-refractivity contribution in [1.29, 1.82) is 0 Å². The smallest absolute Gasteiger partial charge is 0.337 e. The molecule has 43 heavy (non-hydrogen) atoms. The number of aromatic amines is 1. The van der Waals surface area contributed by atoms with E-state index in [0.717, 1.165) is 27.2 Å². The Kier molecular flexibility index (Phi) is 7.14. The molecule has 0 unspecified atom stereocenters. The molecule has 3 heterocycles. The van der Waals surface area contributed by atoms with E-state index in [1.807, 2.05) is 0 Å². The molecule has 0 aliphatic carbocycles. The van der Waals surface area contributed by atoms with Crippen LogP contribution in [0.2, 0.25) is 0 Å². The summed E-state index contributed by atoms with van der Waals surface area (Å²) in [7, 11) is -4.43. The Labute approximate surface area is 242 Å². The van der Waals surface area contributed by atoms with Crippen molar-refractivity contribution in [1.82, 2.24) is 19.1 Å². The minimum atomic E-state index is -4.43. The van der Waals surface area contributed by atoms with E-state index in [9.17, 15) is 36.7 Å². The van der Waals surface area contributed by atoms with Gasteiger partial charge in [-0.25, -0.2) is 26.4 Å². The van der Waals surface area contributed by atoms with Gasteiger partial charge in [-0.1, -0.05) is 13.8 Å². The number of carboxylic acid groups (broad SMARTS) is 1. The Morgan fingerprint density at radius 2 is 1.77 bits per heavy atom. The van der Waals surface area contributed by atoms with Crippen molar-refractivity contribution in [3.05, 3.63) is 94.2 Å². The van der Waals surface area contributed by atoms with Crippen LogP contribution >= 0.6 is 0 Å². The molecule has 1 aliphatic rings. The summed E-state index contributed by atoms with van der Waals surface area (Å²) in [5.41, 5.74) is 3.45. The average molecular weight is 617 g/mol. The van der Waals surface area contributed by atoms with E-state index in [1.54, 1.807) is 13.8 Å². The topological polar surface area (TPSA) is 180 Å². The second-order valence-electron chi connectivity index (χ2n) is 10.4. The number of nitrogens with zero attached hydrogens (tertiary/aromatic N) is 3. The van der Waals surface area contributed by atoms with E-state index in [4.69, 9.17) is 5.73 Å². The van der Waals surface area contributed by atoms with Crippen molar-refractivity contribution in [2.45, 2.75) is 30.7 Å². The number of carboxylic acids is 1. The number of nitrogens with two attached hydrogens (primary N) is 1. The Balaban J connectivity index is 1.53. The fourth-order valence-electron chi connectivity index (χ4n) is 4.97. The molecular weight excluding hydrogens is 593 g/mol. The Morgan fingerprint density at radius 3 is 2.37 bits per heavy atom. The van der Waals surface area contributed by atoms with Crippen molar-refractivity contribution in [2.75, 3.05) is 11.9 Å². The minimum Gasteiger partial charge on any atom is -0.478 e. The molecule has 0 spiro atoms. The Morgan fingerprint density at radius 1 is 1.09 bits per heavy atom. The zero-order valence-corrected chi connectivity index (χ0v) is 23.3. The maximum absolute atomic E-state index is 15.8. The van der Waals surface area contributed by atoms with E-state index >= 15 is 4.39 Å². The zero-order chi connectivity index (χ0) is 31.4. The lowest BCUT2D eigenvalue weighted by Gasteiger charge is -2.36. The summed E-state index contributed by atoms with van der Waals surface area (Å²) in [6.45, 7) is 2.87. The number of rotatable bonds is 7. The number of aromatic nitrogens is 3. The molecule has 5 N–H and O–H groups in total. The highest BCUT2D eigenvalue weighted by Crippen LogP contribution is 2.38. The first kappa shape index (κ1) is 29.5. The van der Waals surface area contributed by atoms with Gasteiger partial charge in [0.2, 0.25) is 15.9 Å². The van der Waals surface area contributed by atoms with Crippen LogP contribution in [0.3, 0.4) is 0 Å². The first-order valence-electron chi connectivity index (χ1n) is 12.5. The first-order chi connectivity index (χ1) is 20.1. The number of H-pyrrole nitrogens is 1. The van der Waals surface area contributed by atoms with Gasteiger partial charge in [-0.05, 0) is 30.3 Å². The molecule has 4 aromatic rings. The van der Waals surface area contributed by atoms with Crippen LogP contribution in [-0.4, -0.2) is 56.9 Å². The number of hydrogen-bond acceptors (Lipinski definition) is 6. The number of hydrogen-bond donors (Lipinski definition) is 4. The zero-order valence-electron chi connectivity index (χ0n) is 22.5. The highest BCUT2D eigenvalue weighted by atomic mass is 32.2. The van der Waals surface area contributed by atoms with Crippen LogP contribution in [-0.2, 0) is 22.0 Å². The van der Waals surface area contributed by atoms with Gasteiger partial charge in [0.05, 0.1) is 27.3 Å². The minimum absolute atomic E-state index is 0.117. The highest BCUT2D eigenvalue weighted by Gasteiger charge is 2.41. The van der Waals surface area contributed by atoms with Gasteiger partial charge in [0.15, 0.2) is 11.6 Å². The first-order valence-corrected chi connectivity index (χ1v) is 13.9. The van der Waals surface area contributed by atoms with Crippen LogP contribution in [0.1, 0.15) is 56.2 Å². The molecule has 224 valence electrons. The summed E-state index contributed by atoms with van der Waals surface area (Å²) >= 11 is 0. The van der Waals surface area contributed by atoms with Gasteiger partial charge in [-0.3, -0.25) is 14.7 Å². The molecule has 0 saturated heterocycles. The van der Waals surface area contributed by atoms with E-state index in [2.05, 4.69) is 15.5 Å². The predicted molar refractivity (Wildman–Crippen MR) is 145 cm³/mol. The van der Waals surface area contributed by atoms with E-state index in [0.29, 0.717) is 23.9 Å². The summed E-state index contributed by atoms with van der Waals surface area (Å²) < 4.78 is 72.3. The number of primary amides is 1. The molecule has 16 heteroatoms. The van der Waals surface area contributed by atoms with Gasteiger partial charge in [-0.15, -0.1) is 0 Å². The van der Waals surface area contributed by atoms with Gasteiger partial charge in [0.25, 0.3) is 5.91 Å².